The van der Waals surface area contributed by atoms with Crippen LogP contribution in [0.4, 0.5) is 0 Å². The number of esters is 1. The smallest absolute Gasteiger partial charge is 0.311 e. The van der Waals surface area contributed by atoms with Gasteiger partial charge in [-0.15, -0.1) is 0 Å². The number of sulfone groups is 2. The van der Waals surface area contributed by atoms with Gasteiger partial charge in [-0.2, -0.15) is 0 Å². The molecule has 0 spiro atoms. The van der Waals surface area contributed by atoms with E-state index in [1.54, 1.807) is 48.5 Å². The molecule has 8 rings (SSSR count). The zero-order chi connectivity index (χ0) is 65.7. The molecule has 6 heterocycles. The van der Waals surface area contributed by atoms with Crippen molar-refractivity contribution in [2.75, 3.05) is 24.7 Å². The second-order valence-corrected chi connectivity index (χ2v) is 33.4. The monoisotopic (exact) mass is 1290 g/mol. The minimum Gasteiger partial charge on any atom is -0.465 e. The molecule has 1 N–H and O–H groups in total. The van der Waals surface area contributed by atoms with Gasteiger partial charge < -0.3 is 38.3 Å². The Kier molecular flexibility index (Phi) is 27.7. The molecule has 2 aromatic carbocycles. The van der Waals surface area contributed by atoms with E-state index in [4.69, 9.17) is 38.3 Å². The van der Waals surface area contributed by atoms with Crippen molar-refractivity contribution in [1.82, 2.24) is 0 Å². The summed E-state index contributed by atoms with van der Waals surface area (Å²) in [6.07, 6.45) is 15.2. The zero-order valence-corrected chi connectivity index (χ0v) is 58.5. The van der Waals surface area contributed by atoms with Crippen LogP contribution in [0.5, 0.6) is 0 Å². The van der Waals surface area contributed by atoms with Gasteiger partial charge in [0.05, 0.1) is 107 Å². The van der Waals surface area contributed by atoms with Crippen molar-refractivity contribution in [3.05, 3.63) is 109 Å². The molecule has 2 aromatic rings. The SMILES string of the molecule is C=C1C[C@H](CCCO)OC1CC[C@H]1C[C@@H](C)C(=C)C(C[C@@H]2O[C@H](C[C@H](C)CC)[C@H](C)[C@H]2CS(=O)(=O)c2ccccc2)O1.C=C1C[C@H](CCCOC(=O)C(C)(C)C)OC1CC[C@H]1C[C@@H](C)C(=C)C(C[C@@H]2O[C@H](C[C@H](C)CC)[C@H](C)[C@H]2CS(=O)(=O)c2ccccc2)O1. The molecule has 0 bridgehead atoms. The Hall–Kier alpha value is -3.51. The van der Waals surface area contributed by atoms with Crippen LogP contribution >= 0.6 is 0 Å². The van der Waals surface area contributed by atoms with Gasteiger partial charge in [-0.25, -0.2) is 16.8 Å². The molecule has 6 aliphatic heterocycles. The van der Waals surface area contributed by atoms with Gasteiger partial charge in [0.15, 0.2) is 19.7 Å². The number of aliphatic hydroxyl groups excluding tert-OH is 1. The largest absolute Gasteiger partial charge is 0.465 e. The molecule has 0 aromatic heterocycles. The number of benzene rings is 2. The second kappa shape index (κ2) is 33.7. The van der Waals surface area contributed by atoms with Gasteiger partial charge in [0.25, 0.3) is 0 Å². The third-order valence-corrected chi connectivity index (χ3v) is 24.7. The predicted octanol–water partition coefficient (Wildman–Crippen LogP) is 15.4. The summed E-state index contributed by atoms with van der Waals surface area (Å²) in [5, 5.41) is 9.17. The molecule has 15 heteroatoms. The molecule has 0 saturated carbocycles. The van der Waals surface area contributed by atoms with Crippen molar-refractivity contribution < 1.29 is 59.9 Å². The number of aliphatic hydroxyl groups is 1. The van der Waals surface area contributed by atoms with E-state index in [1.165, 1.54) is 0 Å². The molecule has 506 valence electrons. The van der Waals surface area contributed by atoms with Crippen LogP contribution in [0.2, 0.25) is 0 Å². The van der Waals surface area contributed by atoms with Crippen LogP contribution in [-0.4, -0.2) is 126 Å². The Morgan fingerprint density at radius 2 is 0.944 bits per heavy atom. The van der Waals surface area contributed by atoms with E-state index in [0.29, 0.717) is 52.9 Å². The van der Waals surface area contributed by atoms with Crippen molar-refractivity contribution in [3.63, 3.8) is 0 Å². The summed E-state index contributed by atoms with van der Waals surface area (Å²) in [6, 6.07) is 17.6. The van der Waals surface area contributed by atoms with E-state index < -0.39 is 25.1 Å². The first-order valence-electron chi connectivity index (χ1n) is 34.6. The number of hydrogen-bond acceptors (Lipinski definition) is 13. The Morgan fingerprint density at radius 3 is 1.32 bits per heavy atom. The molecule has 0 aliphatic carbocycles. The number of carbonyl (C=O) groups is 1. The number of carbonyl (C=O) groups excluding carboxylic acids is 1. The minimum absolute atomic E-state index is 0.00233. The van der Waals surface area contributed by atoms with Crippen LogP contribution in [0.25, 0.3) is 0 Å². The average molecular weight is 1290 g/mol. The molecular weight excluding hydrogens is 1170 g/mol. The van der Waals surface area contributed by atoms with E-state index in [-0.39, 0.29) is 121 Å². The van der Waals surface area contributed by atoms with Crippen LogP contribution in [0.3, 0.4) is 0 Å². The lowest BCUT2D eigenvalue weighted by Crippen LogP contribution is -2.38. The van der Waals surface area contributed by atoms with Gasteiger partial charge in [-0.3, -0.25) is 4.79 Å². The standard InChI is InChI=1S/C40H62O7S.C35H54O6S/c1-10-26(2)21-36-30(6)34(25-48(42,43)33-16-12-11-13-17-33)38(47-36)24-37-29(5)27(3)22-32(46-37)18-19-35-28(4)23-31(45-35)15-14-20-44-39(41)40(7,8)9;1-7-23(2)18-33-27(6)31(22-42(37,38)30-13-9-8-10-14-30)35(41-33)21-34-26(5)24(3)19-29(40-34)15-16-32-25(4)20-28(39-32)12-11-17-36/h11-13,16-17,26-27,30-32,34-38H,4-5,10,14-15,18-25H2,1-3,6-9H3;8-10,13-14,23-24,27-29,31-36H,4-5,7,11-12,15-22H2,1-3,6H3/t26-,27-,30-,31+,32+,34-,35?,36-,37?,38+;23-,24-,27-,28+,29+,31-,32?,33-,34?,35+/m11/s1. The molecule has 4 unspecified atom stereocenters. The molecule has 6 fully saturated rings. The number of ether oxygens (including phenoxy) is 7. The first-order valence-corrected chi connectivity index (χ1v) is 37.9. The minimum atomic E-state index is -3.48. The number of hydrogen-bond donors (Lipinski definition) is 1. The maximum Gasteiger partial charge on any atom is 0.311 e. The normalized spacial score (nSPS) is 33.2. The van der Waals surface area contributed by atoms with E-state index in [2.05, 4.69) is 81.7 Å². The second-order valence-electron chi connectivity index (χ2n) is 29.3. The topological polar surface area (TPSA) is 170 Å². The fourth-order valence-corrected chi connectivity index (χ4v) is 18.2. The molecule has 6 aliphatic rings. The van der Waals surface area contributed by atoms with Crippen molar-refractivity contribution in [1.29, 1.82) is 0 Å². The zero-order valence-electron chi connectivity index (χ0n) is 56.9. The Bertz CT molecular complexity index is 2850. The summed E-state index contributed by atoms with van der Waals surface area (Å²) >= 11 is 0. The maximum atomic E-state index is 13.6. The van der Waals surface area contributed by atoms with Crippen LogP contribution in [0.1, 0.15) is 192 Å². The highest BCUT2D eigenvalue weighted by Crippen LogP contribution is 2.46. The van der Waals surface area contributed by atoms with E-state index in [0.717, 1.165) is 125 Å². The molecule has 13 nitrogen and oxygen atoms in total. The summed E-state index contributed by atoms with van der Waals surface area (Å²) in [7, 11) is -6.93. The van der Waals surface area contributed by atoms with Crippen LogP contribution < -0.4 is 0 Å². The van der Waals surface area contributed by atoms with Gasteiger partial charge in [0, 0.05) is 31.3 Å². The molecule has 20 atom stereocenters. The van der Waals surface area contributed by atoms with Crippen molar-refractivity contribution in [2.24, 2.45) is 52.8 Å². The Labute approximate surface area is 544 Å². The van der Waals surface area contributed by atoms with Crippen LogP contribution in [-0.2, 0) is 57.6 Å². The van der Waals surface area contributed by atoms with Crippen LogP contribution in [0.15, 0.2) is 119 Å². The molecule has 0 amide bonds. The van der Waals surface area contributed by atoms with Crippen molar-refractivity contribution in [2.45, 2.75) is 275 Å². The highest BCUT2D eigenvalue weighted by atomic mass is 32.2. The highest BCUT2D eigenvalue weighted by molar-refractivity contribution is 7.91. The van der Waals surface area contributed by atoms with E-state index in [9.17, 15) is 21.6 Å². The Balaban J connectivity index is 0.000000258. The lowest BCUT2D eigenvalue weighted by atomic mass is 9.81. The number of rotatable bonds is 29. The van der Waals surface area contributed by atoms with Crippen molar-refractivity contribution in [3.8, 4) is 0 Å². The Morgan fingerprint density at radius 1 is 0.556 bits per heavy atom. The fraction of sp³-hybridized carbons (Fsp3) is 0.720. The summed E-state index contributed by atoms with van der Waals surface area (Å²) in [5.41, 5.74) is 3.94. The van der Waals surface area contributed by atoms with E-state index >= 15 is 0 Å². The third-order valence-electron chi connectivity index (χ3n) is 21.1. The predicted molar refractivity (Wildman–Crippen MR) is 359 cm³/mol. The summed E-state index contributed by atoms with van der Waals surface area (Å²) < 4.78 is 99.2. The quantitative estimate of drug-likeness (QED) is 0.0464. The van der Waals surface area contributed by atoms with Gasteiger partial charge in [0.2, 0.25) is 0 Å². The lowest BCUT2D eigenvalue weighted by molar-refractivity contribution is -0.153. The molecular formula is C75H116O13S2. The van der Waals surface area contributed by atoms with Gasteiger partial charge in [0.1, 0.15) is 0 Å². The maximum absolute atomic E-state index is 13.6. The van der Waals surface area contributed by atoms with Gasteiger partial charge >= 0.3 is 5.97 Å². The summed E-state index contributed by atoms with van der Waals surface area (Å²) in [4.78, 5) is 12.8. The van der Waals surface area contributed by atoms with Gasteiger partial charge in [-0.1, -0.05) is 131 Å². The van der Waals surface area contributed by atoms with Gasteiger partial charge in [-0.05, 0) is 193 Å². The van der Waals surface area contributed by atoms with Crippen molar-refractivity contribution >= 4 is 25.6 Å². The first kappa shape index (κ1) is 73.9. The molecule has 6 saturated heterocycles. The van der Waals surface area contributed by atoms with E-state index in [1.807, 2.05) is 32.9 Å². The molecule has 90 heavy (non-hydrogen) atoms. The highest BCUT2D eigenvalue weighted by Gasteiger charge is 2.48. The first-order chi connectivity index (χ1) is 42.6. The third kappa shape index (κ3) is 20.5. The average Bonchev–Trinajstić information content (AvgIpc) is 1.86. The lowest BCUT2D eigenvalue weighted by Gasteiger charge is -2.38. The summed E-state index contributed by atoms with van der Waals surface area (Å²) in [6.45, 7) is 41.3. The fourth-order valence-electron chi connectivity index (χ4n) is 14.6. The van der Waals surface area contributed by atoms with Crippen LogP contribution in [0, 0.1) is 52.8 Å². The molecule has 0 radical (unpaired) electrons. The summed E-state index contributed by atoms with van der Waals surface area (Å²) in [5.74, 6) is 1.64.